The second-order valence-electron chi connectivity index (χ2n) is 4.01. The molecule has 2 aromatic rings. The number of nitriles is 1. The quantitative estimate of drug-likeness (QED) is 0.888. The number of nitrogens with zero attached hydrogens (tertiary/aromatic N) is 4. The molecule has 1 unspecified atom stereocenters. The van der Waals surface area contributed by atoms with Crippen molar-refractivity contribution < 1.29 is 4.52 Å². The van der Waals surface area contributed by atoms with Crippen LogP contribution in [0.25, 0.3) is 0 Å². The van der Waals surface area contributed by atoms with E-state index in [1.807, 2.05) is 20.8 Å². The molecule has 0 saturated carbocycles. The van der Waals surface area contributed by atoms with Gasteiger partial charge in [0.05, 0.1) is 23.5 Å². The summed E-state index contributed by atoms with van der Waals surface area (Å²) in [5.74, 6) is 1.22. The fourth-order valence-corrected chi connectivity index (χ4v) is 1.91. The van der Waals surface area contributed by atoms with Gasteiger partial charge in [-0.05, 0) is 26.8 Å². The summed E-state index contributed by atoms with van der Waals surface area (Å²) in [5.41, 5.74) is 2.27. The molecule has 18 heavy (non-hydrogen) atoms. The zero-order chi connectivity index (χ0) is 13.1. The van der Waals surface area contributed by atoms with Crippen LogP contribution in [0.2, 0.25) is 0 Å². The third kappa shape index (κ3) is 2.15. The van der Waals surface area contributed by atoms with Crippen LogP contribution in [0, 0.1) is 25.2 Å². The molecule has 6 nitrogen and oxygen atoms in total. The molecular formula is C12H13N5O. The summed E-state index contributed by atoms with van der Waals surface area (Å²) >= 11 is 0. The Morgan fingerprint density at radius 1 is 1.44 bits per heavy atom. The number of anilines is 1. The normalized spacial score (nSPS) is 11.9. The Balaban J connectivity index is 2.27. The van der Waals surface area contributed by atoms with E-state index in [4.69, 9.17) is 9.78 Å². The van der Waals surface area contributed by atoms with E-state index in [1.165, 1.54) is 6.20 Å². The minimum atomic E-state index is -0.0555. The fraction of sp³-hybridized carbons (Fsp3) is 0.333. The van der Waals surface area contributed by atoms with Crippen LogP contribution in [-0.2, 0) is 0 Å². The third-order valence-electron chi connectivity index (χ3n) is 2.72. The molecule has 0 spiro atoms. The SMILES string of the molecule is Cc1noc(C)c1C(C)Nc1nnccc1C#N. The molecule has 0 aliphatic rings. The van der Waals surface area contributed by atoms with E-state index < -0.39 is 0 Å². The number of hydrogen-bond acceptors (Lipinski definition) is 6. The molecule has 0 saturated heterocycles. The molecule has 6 heteroatoms. The summed E-state index contributed by atoms with van der Waals surface area (Å²) in [5, 5.41) is 23.7. The molecule has 2 rings (SSSR count). The Bertz CT molecular complexity index is 579. The van der Waals surface area contributed by atoms with Crippen molar-refractivity contribution in [1.82, 2.24) is 15.4 Å². The molecule has 0 aliphatic carbocycles. The average Bonchev–Trinajstić information content (AvgIpc) is 2.69. The lowest BCUT2D eigenvalue weighted by Gasteiger charge is -2.14. The molecule has 0 aromatic carbocycles. The van der Waals surface area contributed by atoms with Gasteiger partial charge in [0.15, 0.2) is 5.82 Å². The minimum absolute atomic E-state index is 0.0555. The van der Waals surface area contributed by atoms with Gasteiger partial charge in [-0.1, -0.05) is 5.16 Å². The first-order valence-corrected chi connectivity index (χ1v) is 5.54. The third-order valence-corrected chi connectivity index (χ3v) is 2.72. The molecule has 0 fully saturated rings. The zero-order valence-electron chi connectivity index (χ0n) is 10.4. The van der Waals surface area contributed by atoms with Gasteiger partial charge in [-0.2, -0.15) is 10.4 Å². The molecule has 1 N–H and O–H groups in total. The van der Waals surface area contributed by atoms with E-state index in [1.54, 1.807) is 6.07 Å². The predicted molar refractivity (Wildman–Crippen MR) is 64.8 cm³/mol. The van der Waals surface area contributed by atoms with Crippen molar-refractivity contribution in [2.24, 2.45) is 0 Å². The molecule has 2 aromatic heterocycles. The number of rotatable bonds is 3. The van der Waals surface area contributed by atoms with Crippen LogP contribution in [0.3, 0.4) is 0 Å². The van der Waals surface area contributed by atoms with E-state index >= 15 is 0 Å². The Kier molecular flexibility index (Phi) is 3.24. The predicted octanol–water partition coefficient (Wildman–Crippen LogP) is 2.13. The Labute approximate surface area is 105 Å². The van der Waals surface area contributed by atoms with Crippen molar-refractivity contribution >= 4 is 5.82 Å². The van der Waals surface area contributed by atoms with Crippen LogP contribution in [0.5, 0.6) is 0 Å². The largest absolute Gasteiger partial charge is 0.361 e. The van der Waals surface area contributed by atoms with E-state index in [0.717, 1.165) is 17.0 Å². The lowest BCUT2D eigenvalue weighted by Crippen LogP contribution is -2.11. The Hall–Kier alpha value is -2.42. The van der Waals surface area contributed by atoms with E-state index in [0.29, 0.717) is 11.4 Å². The van der Waals surface area contributed by atoms with Gasteiger partial charge in [0.1, 0.15) is 11.8 Å². The molecule has 2 heterocycles. The summed E-state index contributed by atoms with van der Waals surface area (Å²) in [4.78, 5) is 0. The number of aryl methyl sites for hydroxylation is 2. The smallest absolute Gasteiger partial charge is 0.167 e. The summed E-state index contributed by atoms with van der Waals surface area (Å²) in [6.45, 7) is 5.70. The Morgan fingerprint density at radius 2 is 2.22 bits per heavy atom. The van der Waals surface area contributed by atoms with Crippen LogP contribution in [-0.4, -0.2) is 15.4 Å². The summed E-state index contributed by atoms with van der Waals surface area (Å²) in [7, 11) is 0. The standard InChI is InChI=1S/C12H13N5O/c1-7(11-8(2)17-18-9(11)3)15-12-10(6-13)4-5-14-16-12/h4-5,7H,1-3H3,(H,15,16). The van der Waals surface area contributed by atoms with Gasteiger partial charge < -0.3 is 9.84 Å². The van der Waals surface area contributed by atoms with Gasteiger partial charge in [-0.15, -0.1) is 5.10 Å². The van der Waals surface area contributed by atoms with Crippen LogP contribution in [0.4, 0.5) is 5.82 Å². The molecule has 0 amide bonds. The van der Waals surface area contributed by atoms with E-state index in [9.17, 15) is 0 Å². The van der Waals surface area contributed by atoms with Gasteiger partial charge in [-0.25, -0.2) is 0 Å². The highest BCUT2D eigenvalue weighted by molar-refractivity contribution is 5.51. The van der Waals surface area contributed by atoms with Crippen LogP contribution < -0.4 is 5.32 Å². The maximum absolute atomic E-state index is 8.98. The highest BCUT2D eigenvalue weighted by Crippen LogP contribution is 2.24. The maximum Gasteiger partial charge on any atom is 0.167 e. The second-order valence-corrected chi connectivity index (χ2v) is 4.01. The van der Waals surface area contributed by atoms with Crippen molar-refractivity contribution in [2.45, 2.75) is 26.8 Å². The maximum atomic E-state index is 8.98. The number of nitrogens with one attached hydrogen (secondary N) is 1. The van der Waals surface area contributed by atoms with Crippen molar-refractivity contribution in [3.05, 3.63) is 34.8 Å². The van der Waals surface area contributed by atoms with Crippen molar-refractivity contribution in [2.75, 3.05) is 5.32 Å². The van der Waals surface area contributed by atoms with Crippen molar-refractivity contribution in [3.63, 3.8) is 0 Å². The second kappa shape index (κ2) is 4.84. The van der Waals surface area contributed by atoms with Gasteiger partial charge >= 0.3 is 0 Å². The van der Waals surface area contributed by atoms with E-state index in [2.05, 4.69) is 26.7 Å². The highest BCUT2D eigenvalue weighted by atomic mass is 16.5. The van der Waals surface area contributed by atoms with E-state index in [-0.39, 0.29) is 6.04 Å². The van der Waals surface area contributed by atoms with Crippen molar-refractivity contribution in [1.29, 1.82) is 5.26 Å². The first-order valence-electron chi connectivity index (χ1n) is 5.54. The van der Waals surface area contributed by atoms with Crippen LogP contribution >= 0.6 is 0 Å². The number of aromatic nitrogens is 3. The lowest BCUT2D eigenvalue weighted by atomic mass is 10.1. The summed E-state index contributed by atoms with van der Waals surface area (Å²) in [6, 6.07) is 3.64. The molecule has 0 bridgehead atoms. The van der Waals surface area contributed by atoms with Gasteiger partial charge in [0, 0.05) is 5.56 Å². The summed E-state index contributed by atoms with van der Waals surface area (Å²) < 4.78 is 5.12. The molecule has 92 valence electrons. The first kappa shape index (κ1) is 12.0. The monoisotopic (exact) mass is 243 g/mol. The minimum Gasteiger partial charge on any atom is -0.361 e. The molecular weight excluding hydrogens is 230 g/mol. The fourth-order valence-electron chi connectivity index (χ4n) is 1.91. The molecule has 1 atom stereocenters. The van der Waals surface area contributed by atoms with Crippen molar-refractivity contribution in [3.8, 4) is 6.07 Å². The van der Waals surface area contributed by atoms with Crippen LogP contribution in [0.15, 0.2) is 16.8 Å². The molecule has 0 radical (unpaired) electrons. The first-order chi connectivity index (χ1) is 8.63. The number of hydrogen-bond donors (Lipinski definition) is 1. The van der Waals surface area contributed by atoms with Gasteiger partial charge in [0.25, 0.3) is 0 Å². The van der Waals surface area contributed by atoms with Crippen LogP contribution in [0.1, 0.15) is 35.5 Å². The highest BCUT2D eigenvalue weighted by Gasteiger charge is 2.17. The topological polar surface area (TPSA) is 87.6 Å². The molecule has 0 aliphatic heterocycles. The summed E-state index contributed by atoms with van der Waals surface area (Å²) in [6.07, 6.45) is 1.49. The van der Waals surface area contributed by atoms with Gasteiger partial charge in [-0.3, -0.25) is 0 Å². The zero-order valence-corrected chi connectivity index (χ0v) is 10.4. The van der Waals surface area contributed by atoms with Gasteiger partial charge in [0.2, 0.25) is 0 Å². The average molecular weight is 243 g/mol. The Morgan fingerprint density at radius 3 is 2.83 bits per heavy atom. The lowest BCUT2D eigenvalue weighted by molar-refractivity contribution is 0.392.